The summed E-state index contributed by atoms with van der Waals surface area (Å²) in [6.45, 7) is 6.47. The number of hydrogen-bond donors (Lipinski definition) is 1. The van der Waals surface area contributed by atoms with Crippen LogP contribution in [0.2, 0.25) is 0 Å². The van der Waals surface area contributed by atoms with Gasteiger partial charge in [0, 0.05) is 0 Å². The zero-order chi connectivity index (χ0) is 16.0. The Bertz CT molecular complexity index is 517. The van der Waals surface area contributed by atoms with Crippen molar-refractivity contribution in [3.05, 3.63) is 35.4 Å². The summed E-state index contributed by atoms with van der Waals surface area (Å²) in [6, 6.07) is 6.17. The fourth-order valence-electron chi connectivity index (χ4n) is 2.61. The van der Waals surface area contributed by atoms with Crippen LogP contribution in [0.1, 0.15) is 58.4 Å². The average Bonchev–Trinajstić information content (AvgIpc) is 2.94. The van der Waals surface area contributed by atoms with Crippen molar-refractivity contribution in [1.29, 1.82) is 0 Å². The summed E-state index contributed by atoms with van der Waals surface area (Å²) < 4.78 is 10.7. The lowest BCUT2D eigenvalue weighted by Crippen LogP contribution is -2.22. The molecule has 0 aliphatic carbocycles. The van der Waals surface area contributed by atoms with Crippen molar-refractivity contribution in [2.45, 2.75) is 64.9 Å². The summed E-state index contributed by atoms with van der Waals surface area (Å²) in [5, 5.41) is 10.00. The minimum absolute atomic E-state index is 0.333. The van der Waals surface area contributed by atoms with E-state index in [0.29, 0.717) is 6.79 Å². The average molecular weight is 304 g/mol. The Morgan fingerprint density at radius 1 is 1.32 bits per heavy atom. The van der Waals surface area contributed by atoms with Crippen molar-refractivity contribution in [3.8, 4) is 11.5 Å². The Balaban J connectivity index is 1.72. The van der Waals surface area contributed by atoms with Crippen molar-refractivity contribution in [3.63, 3.8) is 0 Å². The molecule has 0 fully saturated rings. The molecule has 3 heteroatoms. The largest absolute Gasteiger partial charge is 0.454 e. The van der Waals surface area contributed by atoms with Crippen molar-refractivity contribution in [2.24, 2.45) is 0 Å². The maximum absolute atomic E-state index is 10.00. The number of allylic oxidation sites excluding steroid dienone is 2. The Kier molecular flexibility index (Phi) is 5.90. The van der Waals surface area contributed by atoms with Gasteiger partial charge in [0.25, 0.3) is 0 Å². The molecule has 2 rings (SSSR count). The van der Waals surface area contributed by atoms with Gasteiger partial charge in [0.2, 0.25) is 6.79 Å². The first kappa shape index (κ1) is 16.9. The second-order valence-corrected chi connectivity index (χ2v) is 6.48. The molecule has 1 aromatic rings. The van der Waals surface area contributed by atoms with Crippen LogP contribution in [0.3, 0.4) is 0 Å². The molecule has 0 radical (unpaired) electrons. The standard InChI is InChI=1S/C19H28O3/c1-4-19(3,20)12-6-8-15(2)7-5-9-16-10-11-17-18(13-16)22-14-21-17/h7,10-11,13,20H,4-6,8-9,12,14H2,1-3H3. The summed E-state index contributed by atoms with van der Waals surface area (Å²) in [6.07, 6.45) is 8.17. The molecular weight excluding hydrogens is 276 g/mol. The van der Waals surface area contributed by atoms with Crippen LogP contribution in [-0.2, 0) is 6.42 Å². The van der Waals surface area contributed by atoms with Gasteiger partial charge in [-0.1, -0.05) is 24.6 Å². The van der Waals surface area contributed by atoms with E-state index in [1.165, 1.54) is 11.1 Å². The molecule has 0 saturated carbocycles. The van der Waals surface area contributed by atoms with Crippen LogP contribution < -0.4 is 9.47 Å². The highest BCUT2D eigenvalue weighted by Gasteiger charge is 2.16. The molecule has 0 bridgehead atoms. The summed E-state index contributed by atoms with van der Waals surface area (Å²) in [4.78, 5) is 0. The van der Waals surface area contributed by atoms with Crippen molar-refractivity contribution >= 4 is 0 Å². The summed E-state index contributed by atoms with van der Waals surface area (Å²) in [5.74, 6) is 1.71. The maximum Gasteiger partial charge on any atom is 0.231 e. The lowest BCUT2D eigenvalue weighted by atomic mass is 9.94. The number of hydrogen-bond acceptors (Lipinski definition) is 3. The molecule has 1 N–H and O–H groups in total. The third-order valence-electron chi connectivity index (χ3n) is 4.41. The third-order valence-corrected chi connectivity index (χ3v) is 4.41. The van der Waals surface area contributed by atoms with Gasteiger partial charge in [0.1, 0.15) is 0 Å². The topological polar surface area (TPSA) is 38.7 Å². The molecule has 22 heavy (non-hydrogen) atoms. The fourth-order valence-corrected chi connectivity index (χ4v) is 2.61. The molecule has 0 spiro atoms. The van der Waals surface area contributed by atoms with Crippen LogP contribution in [0, 0.1) is 0 Å². The van der Waals surface area contributed by atoms with Gasteiger partial charge < -0.3 is 14.6 Å². The predicted octanol–water partition coefficient (Wildman–Crippen LogP) is 4.63. The number of aliphatic hydroxyl groups is 1. The summed E-state index contributed by atoms with van der Waals surface area (Å²) in [5.41, 5.74) is 2.18. The van der Waals surface area contributed by atoms with Crippen LogP contribution in [0.15, 0.2) is 29.8 Å². The molecule has 1 aliphatic rings. The molecule has 122 valence electrons. The van der Waals surface area contributed by atoms with E-state index in [9.17, 15) is 5.11 Å². The quantitative estimate of drug-likeness (QED) is 0.712. The van der Waals surface area contributed by atoms with Crippen LogP contribution in [0.4, 0.5) is 0 Å². The maximum atomic E-state index is 10.00. The Labute approximate surface area is 134 Å². The third kappa shape index (κ3) is 5.06. The first-order chi connectivity index (χ1) is 10.5. The van der Waals surface area contributed by atoms with E-state index in [1.54, 1.807) is 0 Å². The lowest BCUT2D eigenvalue weighted by molar-refractivity contribution is 0.0450. The molecule has 1 atom stereocenters. The highest BCUT2D eigenvalue weighted by atomic mass is 16.7. The van der Waals surface area contributed by atoms with Crippen LogP contribution >= 0.6 is 0 Å². The van der Waals surface area contributed by atoms with E-state index in [0.717, 1.165) is 50.0 Å². The Morgan fingerprint density at radius 3 is 2.86 bits per heavy atom. The number of benzene rings is 1. The first-order valence-corrected chi connectivity index (χ1v) is 8.27. The van der Waals surface area contributed by atoms with Crippen molar-refractivity contribution in [1.82, 2.24) is 0 Å². The minimum atomic E-state index is -0.507. The highest BCUT2D eigenvalue weighted by molar-refractivity contribution is 5.44. The Hall–Kier alpha value is -1.48. The molecule has 0 amide bonds. The molecular formula is C19H28O3. The zero-order valence-electron chi connectivity index (χ0n) is 14.0. The van der Waals surface area contributed by atoms with E-state index in [4.69, 9.17) is 9.47 Å². The molecule has 1 heterocycles. The summed E-state index contributed by atoms with van der Waals surface area (Å²) >= 11 is 0. The monoisotopic (exact) mass is 304 g/mol. The smallest absolute Gasteiger partial charge is 0.231 e. The minimum Gasteiger partial charge on any atom is -0.454 e. The first-order valence-electron chi connectivity index (χ1n) is 8.27. The van der Waals surface area contributed by atoms with Gasteiger partial charge in [-0.15, -0.1) is 0 Å². The molecule has 1 aliphatic heterocycles. The van der Waals surface area contributed by atoms with Gasteiger partial charge in [-0.3, -0.25) is 0 Å². The van der Waals surface area contributed by atoms with E-state index in [-0.39, 0.29) is 0 Å². The van der Waals surface area contributed by atoms with Gasteiger partial charge >= 0.3 is 0 Å². The predicted molar refractivity (Wildman–Crippen MR) is 89.4 cm³/mol. The van der Waals surface area contributed by atoms with E-state index < -0.39 is 5.60 Å². The summed E-state index contributed by atoms with van der Waals surface area (Å²) in [7, 11) is 0. The van der Waals surface area contributed by atoms with Crippen molar-refractivity contribution < 1.29 is 14.6 Å². The van der Waals surface area contributed by atoms with Gasteiger partial charge in [-0.05, 0) is 70.1 Å². The number of fused-ring (bicyclic) bond motifs is 1. The van der Waals surface area contributed by atoms with Gasteiger partial charge in [0.15, 0.2) is 11.5 Å². The molecule has 3 nitrogen and oxygen atoms in total. The van der Waals surface area contributed by atoms with Crippen LogP contribution in [-0.4, -0.2) is 17.5 Å². The van der Waals surface area contributed by atoms with Gasteiger partial charge in [-0.25, -0.2) is 0 Å². The zero-order valence-corrected chi connectivity index (χ0v) is 14.0. The fraction of sp³-hybridized carbons (Fsp3) is 0.579. The van der Waals surface area contributed by atoms with E-state index >= 15 is 0 Å². The van der Waals surface area contributed by atoms with E-state index in [2.05, 4.69) is 25.1 Å². The number of ether oxygens (including phenoxy) is 2. The van der Waals surface area contributed by atoms with E-state index in [1.807, 2.05) is 19.9 Å². The normalized spacial score (nSPS) is 16.6. The second-order valence-electron chi connectivity index (χ2n) is 6.48. The van der Waals surface area contributed by atoms with Crippen LogP contribution in [0.25, 0.3) is 0 Å². The van der Waals surface area contributed by atoms with Gasteiger partial charge in [-0.2, -0.15) is 0 Å². The Morgan fingerprint density at radius 2 is 2.09 bits per heavy atom. The lowest BCUT2D eigenvalue weighted by Gasteiger charge is -2.20. The molecule has 1 unspecified atom stereocenters. The molecule has 0 saturated heterocycles. The van der Waals surface area contributed by atoms with Gasteiger partial charge in [0.05, 0.1) is 5.60 Å². The molecule has 0 aromatic heterocycles. The SMILES string of the molecule is CCC(C)(O)CCCC(C)=CCCc1ccc2c(c1)OCO2. The second kappa shape index (κ2) is 7.68. The number of aryl methyl sites for hydroxylation is 1. The van der Waals surface area contributed by atoms with Crippen molar-refractivity contribution in [2.75, 3.05) is 6.79 Å². The number of rotatable bonds is 8. The molecule has 1 aromatic carbocycles. The van der Waals surface area contributed by atoms with Crippen LogP contribution in [0.5, 0.6) is 11.5 Å². The highest BCUT2D eigenvalue weighted by Crippen LogP contribution is 2.32.